The molecule has 0 bridgehead atoms. The van der Waals surface area contributed by atoms with E-state index in [1.807, 2.05) is 59.5 Å². The second-order valence-electron chi connectivity index (χ2n) is 10.1. The molecule has 3 aliphatic rings. The van der Waals surface area contributed by atoms with Crippen molar-refractivity contribution in [1.82, 2.24) is 0 Å². The number of anilines is 2. The number of non-ortho nitro benzene ring substituents is 1. The molecular weight excluding hydrogens is 526 g/mol. The van der Waals surface area contributed by atoms with E-state index in [0.717, 1.165) is 11.3 Å². The van der Waals surface area contributed by atoms with Gasteiger partial charge in [-0.15, -0.1) is 11.3 Å². The summed E-state index contributed by atoms with van der Waals surface area (Å²) in [5.41, 5.74) is 1.21. The van der Waals surface area contributed by atoms with E-state index in [-0.39, 0.29) is 22.9 Å². The number of ketones is 2. The summed E-state index contributed by atoms with van der Waals surface area (Å²) in [5.74, 6) is -2.32. The van der Waals surface area contributed by atoms with Crippen LogP contribution in [-0.2, 0) is 10.2 Å². The van der Waals surface area contributed by atoms with Crippen molar-refractivity contribution in [2.45, 2.75) is 17.5 Å². The Hall–Kier alpha value is -4.89. The van der Waals surface area contributed by atoms with E-state index in [1.54, 1.807) is 23.6 Å². The lowest BCUT2D eigenvalue weighted by Crippen LogP contribution is -2.51. The second kappa shape index (κ2) is 8.82. The van der Waals surface area contributed by atoms with E-state index >= 15 is 0 Å². The molecule has 0 saturated carbocycles. The first kappa shape index (κ1) is 24.2. The summed E-state index contributed by atoms with van der Waals surface area (Å²) in [6.07, 6.45) is 3.83. The summed E-state index contributed by atoms with van der Waals surface area (Å²) in [6.45, 7) is 0. The maximum atomic E-state index is 14.7. The maximum Gasteiger partial charge on any atom is 0.270 e. The summed E-state index contributed by atoms with van der Waals surface area (Å²) in [7, 11) is 0. The number of rotatable bonds is 5. The van der Waals surface area contributed by atoms with Gasteiger partial charge in [-0.2, -0.15) is 0 Å². The zero-order valence-electron chi connectivity index (χ0n) is 20.9. The highest BCUT2D eigenvalue weighted by atomic mass is 32.1. The molecule has 40 heavy (non-hydrogen) atoms. The topological polar surface area (TPSA) is 110 Å². The number of thiophene rings is 1. The Morgan fingerprint density at radius 3 is 2.55 bits per heavy atom. The van der Waals surface area contributed by atoms with Gasteiger partial charge in [-0.05, 0) is 34.7 Å². The lowest BCUT2D eigenvalue weighted by atomic mass is 9.64. The SMILES string of the molecule is O=C(c1cccs1)[C@@H]1[C@H](C(=O)c2cccc([N+](=O)[O-])c2)[C@]2(C(=O)Nc3ccccc32)[C@H]2C=Cc3ccccc3N12. The minimum absolute atomic E-state index is 0.0804. The lowest BCUT2D eigenvalue weighted by Gasteiger charge is -2.37. The van der Waals surface area contributed by atoms with Crippen LogP contribution < -0.4 is 10.2 Å². The number of benzene rings is 3. The molecule has 1 N–H and O–H groups in total. The van der Waals surface area contributed by atoms with E-state index in [4.69, 9.17) is 0 Å². The van der Waals surface area contributed by atoms with Crippen LogP contribution >= 0.6 is 11.3 Å². The molecule has 0 aliphatic carbocycles. The molecule has 7 rings (SSSR count). The van der Waals surface area contributed by atoms with Crippen molar-refractivity contribution in [3.63, 3.8) is 0 Å². The minimum atomic E-state index is -1.46. The minimum Gasteiger partial charge on any atom is -0.352 e. The summed E-state index contributed by atoms with van der Waals surface area (Å²) in [5, 5.41) is 16.4. The molecule has 1 amide bonds. The molecule has 1 aromatic heterocycles. The Labute approximate surface area is 232 Å². The molecular formula is C31H21N3O5S. The average molecular weight is 548 g/mol. The molecule has 4 aromatic rings. The number of hydrogen-bond donors (Lipinski definition) is 1. The van der Waals surface area contributed by atoms with Gasteiger partial charge in [0.2, 0.25) is 5.91 Å². The van der Waals surface area contributed by atoms with E-state index in [9.17, 15) is 24.5 Å². The van der Waals surface area contributed by atoms with Gasteiger partial charge in [0.1, 0.15) is 11.5 Å². The van der Waals surface area contributed by atoms with Crippen molar-refractivity contribution >= 4 is 51.9 Å². The number of carbonyl (C=O) groups is 3. The predicted octanol–water partition coefficient (Wildman–Crippen LogP) is 5.51. The molecule has 1 fully saturated rings. The van der Waals surface area contributed by atoms with Crippen LogP contribution in [0.1, 0.15) is 31.2 Å². The van der Waals surface area contributed by atoms with Gasteiger partial charge in [-0.25, -0.2) is 0 Å². The van der Waals surface area contributed by atoms with Gasteiger partial charge in [0.15, 0.2) is 11.6 Å². The van der Waals surface area contributed by atoms with Crippen molar-refractivity contribution in [2.75, 3.05) is 10.2 Å². The number of carbonyl (C=O) groups excluding carboxylic acids is 3. The van der Waals surface area contributed by atoms with Gasteiger partial charge in [0.05, 0.1) is 21.8 Å². The van der Waals surface area contributed by atoms with E-state index in [1.165, 1.54) is 35.6 Å². The highest BCUT2D eigenvalue weighted by Crippen LogP contribution is 2.58. The van der Waals surface area contributed by atoms with E-state index in [2.05, 4.69) is 5.32 Å². The van der Waals surface area contributed by atoms with Gasteiger partial charge in [-0.3, -0.25) is 24.5 Å². The molecule has 9 heteroatoms. The van der Waals surface area contributed by atoms with Crippen LogP contribution in [0.3, 0.4) is 0 Å². The van der Waals surface area contributed by atoms with Crippen molar-refractivity contribution in [3.05, 3.63) is 128 Å². The molecule has 8 nitrogen and oxygen atoms in total. The summed E-state index contributed by atoms with van der Waals surface area (Å²) in [6, 6.07) is 22.1. The first-order valence-electron chi connectivity index (χ1n) is 12.8. The molecule has 3 aliphatic heterocycles. The lowest BCUT2D eigenvalue weighted by molar-refractivity contribution is -0.384. The van der Waals surface area contributed by atoms with Crippen molar-refractivity contribution < 1.29 is 19.3 Å². The Morgan fingerprint density at radius 1 is 0.950 bits per heavy atom. The fraction of sp³-hybridized carbons (Fsp3) is 0.129. The van der Waals surface area contributed by atoms with Gasteiger partial charge < -0.3 is 10.2 Å². The van der Waals surface area contributed by atoms with Crippen LogP contribution in [-0.4, -0.2) is 34.5 Å². The first-order chi connectivity index (χ1) is 19.4. The Kier molecular flexibility index (Phi) is 5.33. The number of nitro benzene ring substituents is 1. The predicted molar refractivity (Wildman–Crippen MR) is 152 cm³/mol. The standard InChI is InChI=1S/C31H21N3O5S/c35-28(19-8-5-9-20(17-19)34(38)39)26-27(29(36)24-13-6-16-40-24)33-23-12-4-1-7-18(23)14-15-25(33)31(26)21-10-2-3-11-22(21)32-30(31)37/h1-17,25-27H,(H,32,37)/t25-,26-,27+,31-/m1/s1. The van der Waals surface area contributed by atoms with E-state index in [0.29, 0.717) is 16.1 Å². The zero-order valence-corrected chi connectivity index (χ0v) is 21.7. The molecule has 4 atom stereocenters. The zero-order chi connectivity index (χ0) is 27.6. The van der Waals surface area contributed by atoms with Crippen LogP contribution in [0, 0.1) is 16.0 Å². The fourth-order valence-corrected chi connectivity index (χ4v) is 7.33. The number of nitro groups is 1. The van der Waals surface area contributed by atoms with Crippen LogP contribution in [0.25, 0.3) is 6.08 Å². The molecule has 1 spiro atoms. The third-order valence-electron chi connectivity index (χ3n) is 8.20. The van der Waals surface area contributed by atoms with Gasteiger partial charge in [0.25, 0.3) is 5.69 Å². The molecule has 0 radical (unpaired) electrons. The number of fused-ring (bicyclic) bond motifs is 6. The molecule has 1 saturated heterocycles. The van der Waals surface area contributed by atoms with Crippen LogP contribution in [0.15, 0.2) is 96.4 Å². The summed E-state index contributed by atoms with van der Waals surface area (Å²) >= 11 is 1.28. The van der Waals surface area contributed by atoms with Crippen molar-refractivity contribution in [1.29, 1.82) is 0 Å². The molecule has 4 heterocycles. The Morgan fingerprint density at radius 2 is 1.75 bits per heavy atom. The monoisotopic (exact) mass is 547 g/mol. The second-order valence-corrected chi connectivity index (χ2v) is 11.0. The maximum absolute atomic E-state index is 14.7. The first-order valence-corrected chi connectivity index (χ1v) is 13.6. The smallest absolute Gasteiger partial charge is 0.270 e. The third kappa shape index (κ3) is 3.21. The van der Waals surface area contributed by atoms with Gasteiger partial charge in [0, 0.05) is 29.1 Å². The van der Waals surface area contributed by atoms with Crippen molar-refractivity contribution in [2.24, 2.45) is 5.92 Å². The quantitative estimate of drug-likeness (QED) is 0.200. The third-order valence-corrected chi connectivity index (χ3v) is 9.08. The highest BCUT2D eigenvalue weighted by Gasteiger charge is 2.70. The normalized spacial score (nSPS) is 23.9. The highest BCUT2D eigenvalue weighted by molar-refractivity contribution is 7.12. The Bertz CT molecular complexity index is 1760. The average Bonchev–Trinajstić information content (AvgIpc) is 3.69. The van der Waals surface area contributed by atoms with Crippen LogP contribution in [0.5, 0.6) is 0 Å². The number of amides is 1. The van der Waals surface area contributed by atoms with Gasteiger partial charge in [-0.1, -0.05) is 66.7 Å². The molecule has 196 valence electrons. The molecule has 3 aromatic carbocycles. The summed E-state index contributed by atoms with van der Waals surface area (Å²) < 4.78 is 0. The number of para-hydroxylation sites is 2. The summed E-state index contributed by atoms with van der Waals surface area (Å²) in [4.78, 5) is 56.8. The largest absolute Gasteiger partial charge is 0.352 e. The number of nitrogens with zero attached hydrogens (tertiary/aromatic N) is 2. The van der Waals surface area contributed by atoms with E-state index < -0.39 is 34.1 Å². The van der Waals surface area contributed by atoms with Crippen LogP contribution in [0.2, 0.25) is 0 Å². The van der Waals surface area contributed by atoms with Crippen molar-refractivity contribution in [3.8, 4) is 0 Å². The fourth-order valence-electron chi connectivity index (χ4n) is 6.64. The van der Waals surface area contributed by atoms with Gasteiger partial charge >= 0.3 is 0 Å². The number of hydrogen-bond acceptors (Lipinski definition) is 7. The number of nitrogens with one attached hydrogen (secondary N) is 1. The Balaban J connectivity index is 1.54. The van der Waals surface area contributed by atoms with Crippen LogP contribution in [0.4, 0.5) is 17.1 Å². The number of Topliss-reactive ketones (excluding diaryl/α,β-unsaturated/α-hetero) is 2. The molecule has 0 unspecified atom stereocenters.